The van der Waals surface area contributed by atoms with Gasteiger partial charge in [0.15, 0.2) is 0 Å². The number of rotatable bonds is 13. The van der Waals surface area contributed by atoms with E-state index in [1.807, 2.05) is 60.7 Å². The highest BCUT2D eigenvalue weighted by Crippen LogP contribution is 2.14. The lowest BCUT2D eigenvalue weighted by Gasteiger charge is -2.28. The van der Waals surface area contributed by atoms with Crippen molar-refractivity contribution in [3.8, 4) is 0 Å². The highest BCUT2D eigenvalue weighted by molar-refractivity contribution is 5.87. The van der Waals surface area contributed by atoms with Crippen molar-refractivity contribution in [3.05, 3.63) is 131 Å². The van der Waals surface area contributed by atoms with Gasteiger partial charge in [0, 0.05) is 39.3 Å². The van der Waals surface area contributed by atoms with Crippen LogP contribution in [0.3, 0.4) is 0 Å². The summed E-state index contributed by atoms with van der Waals surface area (Å²) in [6.07, 6.45) is 0. The van der Waals surface area contributed by atoms with Gasteiger partial charge in [-0.2, -0.15) is 0 Å². The SMILES string of the molecule is COC(=O)c1cccc(CN(CCN(Cc2ccccc2)Cc2cccc(C(=O)OC)n2)Cc2ccccc2)n1. The summed E-state index contributed by atoms with van der Waals surface area (Å²) in [5.41, 5.74) is 4.55. The fourth-order valence-electron chi connectivity index (χ4n) is 4.42. The second-order valence-corrected chi connectivity index (χ2v) is 9.40. The monoisotopic (exact) mass is 538 g/mol. The summed E-state index contributed by atoms with van der Waals surface area (Å²) < 4.78 is 9.72. The van der Waals surface area contributed by atoms with E-state index in [1.54, 1.807) is 12.1 Å². The number of ether oxygens (including phenoxy) is 2. The van der Waals surface area contributed by atoms with E-state index in [-0.39, 0.29) is 0 Å². The number of benzene rings is 2. The largest absolute Gasteiger partial charge is 0.464 e. The highest BCUT2D eigenvalue weighted by Gasteiger charge is 2.16. The van der Waals surface area contributed by atoms with Crippen LogP contribution in [0.25, 0.3) is 0 Å². The van der Waals surface area contributed by atoms with Gasteiger partial charge < -0.3 is 9.47 Å². The second kappa shape index (κ2) is 14.7. The summed E-state index contributed by atoms with van der Waals surface area (Å²) in [6, 6.07) is 31.4. The van der Waals surface area contributed by atoms with Crippen LogP contribution in [0.15, 0.2) is 97.1 Å². The van der Waals surface area contributed by atoms with E-state index < -0.39 is 11.9 Å². The number of nitrogens with zero attached hydrogens (tertiary/aromatic N) is 4. The van der Waals surface area contributed by atoms with Crippen LogP contribution in [-0.4, -0.2) is 59.0 Å². The summed E-state index contributed by atoms with van der Waals surface area (Å²) in [6.45, 7) is 4.05. The first-order valence-electron chi connectivity index (χ1n) is 13.1. The Hall–Kier alpha value is -4.40. The molecule has 0 unspecified atom stereocenters. The van der Waals surface area contributed by atoms with Crippen molar-refractivity contribution in [2.45, 2.75) is 26.2 Å². The molecule has 0 bridgehead atoms. The molecule has 2 heterocycles. The van der Waals surface area contributed by atoms with Gasteiger partial charge in [-0.1, -0.05) is 72.8 Å². The van der Waals surface area contributed by atoms with E-state index in [9.17, 15) is 9.59 Å². The summed E-state index contributed by atoms with van der Waals surface area (Å²) in [5.74, 6) is -0.903. The molecular formula is C32H34N4O4. The molecule has 0 aliphatic rings. The third-order valence-corrected chi connectivity index (χ3v) is 6.40. The Morgan fingerprint density at radius 2 is 0.950 bits per heavy atom. The minimum Gasteiger partial charge on any atom is -0.464 e. The van der Waals surface area contributed by atoms with Crippen LogP contribution in [0.2, 0.25) is 0 Å². The number of hydrogen-bond donors (Lipinski definition) is 0. The first-order chi connectivity index (χ1) is 19.5. The zero-order chi connectivity index (χ0) is 28.2. The molecule has 0 amide bonds. The molecule has 4 rings (SSSR count). The van der Waals surface area contributed by atoms with Crippen molar-refractivity contribution < 1.29 is 19.1 Å². The van der Waals surface area contributed by atoms with Crippen LogP contribution < -0.4 is 0 Å². The number of methoxy groups -OCH3 is 2. The number of aromatic nitrogens is 2. The van der Waals surface area contributed by atoms with E-state index in [2.05, 4.69) is 44.0 Å². The quantitative estimate of drug-likeness (QED) is 0.226. The predicted molar refractivity (Wildman–Crippen MR) is 152 cm³/mol. The minimum atomic E-state index is -0.452. The fourth-order valence-corrected chi connectivity index (χ4v) is 4.42. The summed E-state index contributed by atoms with van der Waals surface area (Å²) in [4.78, 5) is 37.8. The third kappa shape index (κ3) is 8.56. The second-order valence-electron chi connectivity index (χ2n) is 9.40. The molecule has 4 aromatic rings. The Morgan fingerprint density at radius 1 is 0.550 bits per heavy atom. The van der Waals surface area contributed by atoms with Crippen molar-refractivity contribution in [2.75, 3.05) is 27.3 Å². The van der Waals surface area contributed by atoms with Crippen LogP contribution >= 0.6 is 0 Å². The molecule has 8 nitrogen and oxygen atoms in total. The highest BCUT2D eigenvalue weighted by atomic mass is 16.5. The molecule has 0 aliphatic heterocycles. The first-order valence-corrected chi connectivity index (χ1v) is 13.1. The van der Waals surface area contributed by atoms with Gasteiger partial charge in [0.25, 0.3) is 0 Å². The van der Waals surface area contributed by atoms with Crippen molar-refractivity contribution in [3.63, 3.8) is 0 Å². The molecule has 0 atom stereocenters. The van der Waals surface area contributed by atoms with E-state index in [0.29, 0.717) is 24.5 Å². The lowest BCUT2D eigenvalue weighted by Crippen LogP contribution is -2.34. The molecule has 0 spiro atoms. The standard InChI is InChI=1S/C32H34N4O4/c1-39-31(37)29-17-9-15-27(33-29)23-35(21-25-11-5-3-6-12-25)19-20-36(22-26-13-7-4-8-14-26)24-28-16-10-18-30(34-28)32(38)40-2/h3-18H,19-24H2,1-2H3. The van der Waals surface area contributed by atoms with Crippen molar-refractivity contribution in [2.24, 2.45) is 0 Å². The van der Waals surface area contributed by atoms with Crippen molar-refractivity contribution in [1.82, 2.24) is 19.8 Å². The Labute approximate surface area is 235 Å². The topological polar surface area (TPSA) is 84.9 Å². The molecule has 8 heteroatoms. The molecule has 40 heavy (non-hydrogen) atoms. The Morgan fingerprint density at radius 3 is 1.32 bits per heavy atom. The Kier molecular flexibility index (Phi) is 10.5. The third-order valence-electron chi connectivity index (χ3n) is 6.40. The molecule has 2 aromatic carbocycles. The molecule has 0 radical (unpaired) electrons. The predicted octanol–water partition coefficient (Wildman–Crippen LogP) is 4.75. The van der Waals surface area contributed by atoms with Gasteiger partial charge in [0.1, 0.15) is 11.4 Å². The van der Waals surface area contributed by atoms with Gasteiger partial charge in [-0.05, 0) is 35.4 Å². The van der Waals surface area contributed by atoms with Crippen molar-refractivity contribution in [1.29, 1.82) is 0 Å². The van der Waals surface area contributed by atoms with Crippen LogP contribution in [0.1, 0.15) is 43.5 Å². The van der Waals surface area contributed by atoms with Gasteiger partial charge in [-0.3, -0.25) is 9.80 Å². The Balaban J connectivity index is 1.54. The lowest BCUT2D eigenvalue weighted by atomic mass is 10.2. The minimum absolute atomic E-state index is 0.293. The first kappa shape index (κ1) is 28.6. The zero-order valence-electron chi connectivity index (χ0n) is 22.9. The van der Waals surface area contributed by atoms with E-state index in [1.165, 1.54) is 25.3 Å². The lowest BCUT2D eigenvalue weighted by molar-refractivity contribution is 0.0584. The fraction of sp³-hybridized carbons (Fsp3) is 0.250. The maximum atomic E-state index is 12.1. The van der Waals surface area contributed by atoms with Gasteiger partial charge in [-0.15, -0.1) is 0 Å². The van der Waals surface area contributed by atoms with Gasteiger partial charge >= 0.3 is 11.9 Å². The van der Waals surface area contributed by atoms with E-state index in [0.717, 1.165) is 37.6 Å². The average molecular weight is 539 g/mol. The Bertz CT molecular complexity index is 1280. The van der Waals surface area contributed by atoms with Crippen LogP contribution in [0.5, 0.6) is 0 Å². The number of esters is 2. The van der Waals surface area contributed by atoms with Crippen LogP contribution in [-0.2, 0) is 35.7 Å². The van der Waals surface area contributed by atoms with Crippen molar-refractivity contribution >= 4 is 11.9 Å². The maximum absolute atomic E-state index is 12.1. The number of carbonyl (C=O) groups excluding carboxylic acids is 2. The smallest absolute Gasteiger partial charge is 0.356 e. The zero-order valence-corrected chi connectivity index (χ0v) is 22.9. The van der Waals surface area contributed by atoms with Gasteiger partial charge in [0.2, 0.25) is 0 Å². The summed E-state index contributed by atoms with van der Waals surface area (Å²) in [5, 5.41) is 0. The molecule has 0 aliphatic carbocycles. The van der Waals surface area contributed by atoms with Gasteiger partial charge in [-0.25, -0.2) is 19.6 Å². The molecule has 206 valence electrons. The molecule has 2 aromatic heterocycles. The number of hydrogen-bond acceptors (Lipinski definition) is 8. The molecule has 0 saturated heterocycles. The van der Waals surface area contributed by atoms with E-state index >= 15 is 0 Å². The maximum Gasteiger partial charge on any atom is 0.356 e. The summed E-state index contributed by atoms with van der Waals surface area (Å²) in [7, 11) is 2.71. The average Bonchev–Trinajstić information content (AvgIpc) is 3.00. The summed E-state index contributed by atoms with van der Waals surface area (Å²) >= 11 is 0. The van der Waals surface area contributed by atoms with Crippen LogP contribution in [0.4, 0.5) is 0 Å². The van der Waals surface area contributed by atoms with E-state index in [4.69, 9.17) is 9.47 Å². The molecule has 0 saturated carbocycles. The van der Waals surface area contributed by atoms with Crippen LogP contribution in [0, 0.1) is 0 Å². The molecule has 0 fully saturated rings. The number of pyridine rings is 2. The number of carbonyl (C=O) groups is 2. The normalized spacial score (nSPS) is 11.0. The van der Waals surface area contributed by atoms with Gasteiger partial charge in [0.05, 0.1) is 25.6 Å². The molecular weight excluding hydrogens is 504 g/mol. The molecule has 0 N–H and O–H groups in total.